The molecule has 2 fully saturated rings. The van der Waals surface area contributed by atoms with Crippen LogP contribution in [0.1, 0.15) is 37.1 Å². The fourth-order valence-electron chi connectivity index (χ4n) is 3.87. The first-order valence-electron chi connectivity index (χ1n) is 8.13. The predicted molar refractivity (Wildman–Crippen MR) is 97.5 cm³/mol. The van der Waals surface area contributed by atoms with Gasteiger partial charge >= 0.3 is 0 Å². The standard InChI is InChI=1S/C17H21N3OS.ClH/c1-10-18-14-7-6-12(9-16(14)22-10)19-17(21)15-8-11-4-2-3-5-13(11)20-15;/h6-7,9,11,13,15,20H,2-5,8H2,1H3,(H,19,21);1H. The summed E-state index contributed by atoms with van der Waals surface area (Å²) in [5.74, 6) is 0.797. The number of aromatic nitrogens is 1. The number of thiazole rings is 1. The number of rotatable bonds is 2. The number of hydrogen-bond acceptors (Lipinski definition) is 4. The highest BCUT2D eigenvalue weighted by Crippen LogP contribution is 2.33. The second kappa shape index (κ2) is 6.75. The number of nitrogens with zero attached hydrogens (tertiary/aromatic N) is 1. The Morgan fingerprint density at radius 1 is 1.35 bits per heavy atom. The minimum absolute atomic E-state index is 0. The Labute approximate surface area is 146 Å². The van der Waals surface area contributed by atoms with Gasteiger partial charge in [-0.15, -0.1) is 23.7 Å². The third-order valence-electron chi connectivity index (χ3n) is 4.94. The van der Waals surface area contributed by atoms with Gasteiger partial charge in [0.25, 0.3) is 0 Å². The lowest BCUT2D eigenvalue weighted by Crippen LogP contribution is -2.39. The third-order valence-corrected chi connectivity index (χ3v) is 5.88. The van der Waals surface area contributed by atoms with Crippen molar-refractivity contribution in [1.29, 1.82) is 0 Å². The molecule has 4 nitrogen and oxygen atoms in total. The van der Waals surface area contributed by atoms with Crippen molar-refractivity contribution in [2.45, 2.75) is 51.1 Å². The normalized spacial score (nSPS) is 26.6. The van der Waals surface area contributed by atoms with Gasteiger partial charge < -0.3 is 10.6 Å². The Balaban J connectivity index is 0.00000156. The summed E-state index contributed by atoms with van der Waals surface area (Å²) in [6, 6.07) is 6.47. The molecule has 2 N–H and O–H groups in total. The highest BCUT2D eigenvalue weighted by atomic mass is 35.5. The van der Waals surface area contributed by atoms with E-state index in [2.05, 4.69) is 15.6 Å². The molecule has 0 radical (unpaired) electrons. The molecule has 1 amide bonds. The molecular weight excluding hydrogens is 330 g/mol. The molecule has 2 aliphatic rings. The molecule has 0 bridgehead atoms. The van der Waals surface area contributed by atoms with E-state index in [0.29, 0.717) is 12.0 Å². The van der Waals surface area contributed by atoms with Crippen molar-refractivity contribution in [2.24, 2.45) is 5.92 Å². The summed E-state index contributed by atoms with van der Waals surface area (Å²) in [4.78, 5) is 17.0. The molecule has 1 aliphatic heterocycles. The summed E-state index contributed by atoms with van der Waals surface area (Å²) in [6.07, 6.45) is 6.09. The lowest BCUT2D eigenvalue weighted by Gasteiger charge is -2.24. The van der Waals surface area contributed by atoms with Crippen LogP contribution in [-0.2, 0) is 4.79 Å². The largest absolute Gasteiger partial charge is 0.325 e. The zero-order valence-electron chi connectivity index (χ0n) is 13.2. The summed E-state index contributed by atoms with van der Waals surface area (Å²) >= 11 is 1.66. The SMILES string of the molecule is Cc1nc2ccc(NC(=O)C3CC4CCCCC4N3)cc2s1.Cl. The van der Waals surface area contributed by atoms with Crippen LogP contribution >= 0.6 is 23.7 Å². The Morgan fingerprint density at radius 3 is 3.00 bits per heavy atom. The van der Waals surface area contributed by atoms with Gasteiger partial charge in [0.15, 0.2) is 0 Å². The van der Waals surface area contributed by atoms with E-state index in [-0.39, 0.29) is 24.4 Å². The zero-order chi connectivity index (χ0) is 15.1. The number of amides is 1. The zero-order valence-corrected chi connectivity index (χ0v) is 14.8. The van der Waals surface area contributed by atoms with Crippen LogP contribution in [0.2, 0.25) is 0 Å². The number of carbonyl (C=O) groups excluding carboxylic acids is 1. The van der Waals surface area contributed by atoms with Gasteiger partial charge in [-0.3, -0.25) is 4.79 Å². The molecule has 1 saturated heterocycles. The highest BCUT2D eigenvalue weighted by molar-refractivity contribution is 7.18. The van der Waals surface area contributed by atoms with E-state index < -0.39 is 0 Å². The number of hydrogen-bond donors (Lipinski definition) is 2. The summed E-state index contributed by atoms with van der Waals surface area (Å²) in [6.45, 7) is 2.01. The Bertz CT molecular complexity index is 703. The van der Waals surface area contributed by atoms with Crippen molar-refractivity contribution in [3.05, 3.63) is 23.2 Å². The molecule has 3 unspecified atom stereocenters. The maximum atomic E-state index is 12.5. The summed E-state index contributed by atoms with van der Waals surface area (Å²) in [7, 11) is 0. The Kier molecular flexibility index (Phi) is 4.90. The molecule has 2 aromatic rings. The van der Waals surface area contributed by atoms with Gasteiger partial charge in [-0.2, -0.15) is 0 Å². The summed E-state index contributed by atoms with van der Waals surface area (Å²) in [5.41, 5.74) is 1.88. The first-order chi connectivity index (χ1) is 10.7. The number of anilines is 1. The van der Waals surface area contributed by atoms with E-state index in [1.54, 1.807) is 11.3 Å². The summed E-state index contributed by atoms with van der Waals surface area (Å²) in [5, 5.41) is 7.66. The molecule has 23 heavy (non-hydrogen) atoms. The van der Waals surface area contributed by atoms with Gasteiger partial charge in [-0.05, 0) is 50.3 Å². The van der Waals surface area contributed by atoms with Gasteiger partial charge in [-0.25, -0.2) is 4.98 Å². The van der Waals surface area contributed by atoms with E-state index in [1.807, 2.05) is 25.1 Å². The summed E-state index contributed by atoms with van der Waals surface area (Å²) < 4.78 is 1.13. The van der Waals surface area contributed by atoms with Crippen molar-refractivity contribution in [3.8, 4) is 0 Å². The smallest absolute Gasteiger partial charge is 0.241 e. The van der Waals surface area contributed by atoms with Gasteiger partial charge in [0.05, 0.1) is 21.3 Å². The van der Waals surface area contributed by atoms with E-state index >= 15 is 0 Å². The van der Waals surface area contributed by atoms with Crippen molar-refractivity contribution < 1.29 is 4.79 Å². The van der Waals surface area contributed by atoms with E-state index in [1.165, 1.54) is 25.7 Å². The Morgan fingerprint density at radius 2 is 2.17 bits per heavy atom. The third kappa shape index (κ3) is 3.37. The molecule has 1 aromatic carbocycles. The predicted octanol–water partition coefficient (Wildman–Crippen LogP) is 3.89. The number of benzene rings is 1. The molecule has 1 aromatic heterocycles. The van der Waals surface area contributed by atoms with Crippen molar-refractivity contribution in [1.82, 2.24) is 10.3 Å². The second-order valence-electron chi connectivity index (χ2n) is 6.51. The van der Waals surface area contributed by atoms with E-state index in [9.17, 15) is 4.79 Å². The van der Waals surface area contributed by atoms with Crippen LogP contribution in [-0.4, -0.2) is 23.0 Å². The number of carbonyl (C=O) groups is 1. The molecule has 3 atom stereocenters. The van der Waals surface area contributed by atoms with E-state index in [0.717, 1.165) is 27.3 Å². The number of aryl methyl sites for hydroxylation is 1. The van der Waals surface area contributed by atoms with E-state index in [4.69, 9.17) is 0 Å². The number of nitrogens with one attached hydrogen (secondary N) is 2. The van der Waals surface area contributed by atoms with Crippen LogP contribution in [0.4, 0.5) is 5.69 Å². The fraction of sp³-hybridized carbons (Fsp3) is 0.529. The van der Waals surface area contributed by atoms with Crippen molar-refractivity contribution in [2.75, 3.05) is 5.32 Å². The molecule has 4 rings (SSSR count). The molecular formula is C17H22ClN3OS. The van der Waals surface area contributed by atoms with Gasteiger partial charge in [0.2, 0.25) is 5.91 Å². The van der Waals surface area contributed by atoms with Gasteiger partial charge in [-0.1, -0.05) is 12.8 Å². The lowest BCUT2D eigenvalue weighted by molar-refractivity contribution is -0.117. The minimum atomic E-state index is -0.0352. The average molecular weight is 352 g/mol. The molecule has 0 spiro atoms. The van der Waals surface area contributed by atoms with Crippen LogP contribution in [0.15, 0.2) is 18.2 Å². The quantitative estimate of drug-likeness (QED) is 0.863. The van der Waals surface area contributed by atoms with Gasteiger partial charge in [0.1, 0.15) is 0 Å². The van der Waals surface area contributed by atoms with Crippen molar-refractivity contribution >= 4 is 45.6 Å². The molecule has 124 valence electrons. The molecule has 6 heteroatoms. The first kappa shape index (κ1) is 16.7. The number of fused-ring (bicyclic) bond motifs is 2. The maximum Gasteiger partial charge on any atom is 0.241 e. The van der Waals surface area contributed by atoms with Crippen molar-refractivity contribution in [3.63, 3.8) is 0 Å². The topological polar surface area (TPSA) is 54.0 Å². The van der Waals surface area contributed by atoms with Crippen LogP contribution in [0.3, 0.4) is 0 Å². The van der Waals surface area contributed by atoms with Crippen LogP contribution in [0.25, 0.3) is 10.2 Å². The highest BCUT2D eigenvalue weighted by Gasteiger charge is 2.38. The maximum absolute atomic E-state index is 12.5. The van der Waals surface area contributed by atoms with Crippen LogP contribution in [0.5, 0.6) is 0 Å². The molecule has 1 aliphatic carbocycles. The second-order valence-corrected chi connectivity index (χ2v) is 7.75. The molecule has 2 heterocycles. The monoisotopic (exact) mass is 351 g/mol. The minimum Gasteiger partial charge on any atom is -0.325 e. The van der Waals surface area contributed by atoms with Crippen LogP contribution < -0.4 is 10.6 Å². The number of halogens is 1. The fourth-order valence-corrected chi connectivity index (χ4v) is 4.73. The molecule has 1 saturated carbocycles. The Hall–Kier alpha value is -1.17. The average Bonchev–Trinajstić information content (AvgIpc) is 3.08. The first-order valence-corrected chi connectivity index (χ1v) is 8.95. The van der Waals surface area contributed by atoms with Crippen LogP contribution in [0, 0.1) is 12.8 Å². The van der Waals surface area contributed by atoms with Gasteiger partial charge in [0, 0.05) is 11.7 Å². The lowest BCUT2D eigenvalue weighted by atomic mass is 9.85.